The van der Waals surface area contributed by atoms with Crippen molar-refractivity contribution in [3.05, 3.63) is 71.0 Å². The van der Waals surface area contributed by atoms with E-state index in [1.165, 1.54) is 41.0 Å². The highest BCUT2D eigenvalue weighted by molar-refractivity contribution is 5.76. The van der Waals surface area contributed by atoms with Gasteiger partial charge in [0.1, 0.15) is 12.4 Å². The molecule has 0 bridgehead atoms. The van der Waals surface area contributed by atoms with E-state index in [1.807, 2.05) is 0 Å². The Morgan fingerprint density at radius 1 is 1.08 bits per heavy atom. The molecule has 0 radical (unpaired) electrons. The Kier molecular flexibility index (Phi) is 6.04. The van der Waals surface area contributed by atoms with Crippen molar-refractivity contribution in [2.75, 3.05) is 6.54 Å². The summed E-state index contributed by atoms with van der Waals surface area (Å²) in [5.41, 5.74) is 3.54. The third-order valence-corrected chi connectivity index (χ3v) is 5.02. The van der Waals surface area contributed by atoms with Crippen LogP contribution in [0.15, 0.2) is 48.5 Å². The number of nitrogens with one attached hydrogen (secondary N) is 2. The summed E-state index contributed by atoms with van der Waals surface area (Å²) in [5, 5.41) is 2.96. The van der Waals surface area contributed by atoms with E-state index in [-0.39, 0.29) is 11.7 Å². The molecule has 2 aromatic carbocycles. The topological polar surface area (TPSA) is 33.5 Å². The van der Waals surface area contributed by atoms with Gasteiger partial charge in [-0.1, -0.05) is 50.2 Å². The van der Waals surface area contributed by atoms with Crippen molar-refractivity contribution in [2.24, 2.45) is 0 Å². The average Bonchev–Trinajstić information content (AvgIpc) is 3.46. The van der Waals surface area contributed by atoms with Gasteiger partial charge in [-0.25, -0.2) is 4.39 Å². The molecule has 1 atom stereocenters. The molecule has 0 saturated heterocycles. The lowest BCUT2D eigenvalue weighted by Crippen LogP contribution is -3.13. The molecule has 1 amide bonds. The van der Waals surface area contributed by atoms with Crippen molar-refractivity contribution in [2.45, 2.75) is 51.7 Å². The van der Waals surface area contributed by atoms with Gasteiger partial charge in [-0.3, -0.25) is 4.79 Å². The number of hydrogen-bond donors (Lipinski definition) is 2. The molecule has 2 aromatic rings. The van der Waals surface area contributed by atoms with Crippen molar-refractivity contribution < 1.29 is 14.1 Å². The summed E-state index contributed by atoms with van der Waals surface area (Å²) in [5.74, 6) is 0.330. The Morgan fingerprint density at radius 3 is 2.27 bits per heavy atom. The zero-order valence-corrected chi connectivity index (χ0v) is 15.6. The SMILES string of the molecule is CC(C)c1ccc(C[NH+](CC(=O)NCc2ccc(F)cc2)C2CC2)cc1. The fourth-order valence-electron chi connectivity index (χ4n) is 3.20. The summed E-state index contributed by atoms with van der Waals surface area (Å²) < 4.78 is 12.9. The molecule has 0 aliphatic heterocycles. The fraction of sp³-hybridized carbons (Fsp3) is 0.409. The number of quaternary nitrogens is 1. The van der Waals surface area contributed by atoms with Crippen LogP contribution in [-0.4, -0.2) is 18.5 Å². The monoisotopic (exact) mass is 355 g/mol. The number of amides is 1. The van der Waals surface area contributed by atoms with E-state index in [0.29, 0.717) is 25.0 Å². The zero-order chi connectivity index (χ0) is 18.5. The van der Waals surface area contributed by atoms with Crippen LogP contribution in [0.5, 0.6) is 0 Å². The Hall–Kier alpha value is -2.20. The van der Waals surface area contributed by atoms with Crippen LogP contribution in [0.3, 0.4) is 0 Å². The summed E-state index contributed by atoms with van der Waals surface area (Å²) >= 11 is 0. The number of rotatable bonds is 8. The summed E-state index contributed by atoms with van der Waals surface area (Å²) in [7, 11) is 0. The van der Waals surface area contributed by atoms with Gasteiger partial charge in [0.05, 0.1) is 6.04 Å². The van der Waals surface area contributed by atoms with E-state index < -0.39 is 0 Å². The van der Waals surface area contributed by atoms with E-state index in [9.17, 15) is 9.18 Å². The van der Waals surface area contributed by atoms with Gasteiger partial charge in [-0.05, 0) is 29.2 Å². The van der Waals surface area contributed by atoms with Crippen LogP contribution < -0.4 is 10.2 Å². The molecule has 0 heterocycles. The van der Waals surface area contributed by atoms with Crippen molar-refractivity contribution in [3.8, 4) is 0 Å². The lowest BCUT2D eigenvalue weighted by atomic mass is 10.0. The molecule has 0 aromatic heterocycles. The van der Waals surface area contributed by atoms with Gasteiger partial charge < -0.3 is 10.2 Å². The first-order valence-electron chi connectivity index (χ1n) is 9.46. The summed E-state index contributed by atoms with van der Waals surface area (Å²) in [6, 6.07) is 15.6. The summed E-state index contributed by atoms with van der Waals surface area (Å²) in [4.78, 5) is 13.7. The van der Waals surface area contributed by atoms with E-state index in [2.05, 4.69) is 43.4 Å². The second-order valence-electron chi connectivity index (χ2n) is 7.59. The van der Waals surface area contributed by atoms with Gasteiger partial charge in [-0.15, -0.1) is 0 Å². The second kappa shape index (κ2) is 8.45. The maximum atomic E-state index is 12.9. The Morgan fingerprint density at radius 2 is 1.69 bits per heavy atom. The quantitative estimate of drug-likeness (QED) is 0.750. The molecule has 138 valence electrons. The number of halogens is 1. The number of hydrogen-bond acceptors (Lipinski definition) is 1. The van der Waals surface area contributed by atoms with Crippen LogP contribution in [0.4, 0.5) is 4.39 Å². The Bertz CT molecular complexity index is 721. The van der Waals surface area contributed by atoms with Crippen LogP contribution >= 0.6 is 0 Å². The lowest BCUT2D eigenvalue weighted by Gasteiger charge is -2.19. The van der Waals surface area contributed by atoms with Crippen molar-refractivity contribution in [3.63, 3.8) is 0 Å². The fourth-order valence-corrected chi connectivity index (χ4v) is 3.20. The third kappa shape index (κ3) is 5.40. The first-order chi connectivity index (χ1) is 12.5. The molecule has 1 fully saturated rings. The number of carbonyl (C=O) groups is 1. The average molecular weight is 355 g/mol. The van der Waals surface area contributed by atoms with Crippen LogP contribution in [0.25, 0.3) is 0 Å². The Labute approximate surface area is 155 Å². The normalized spacial score (nSPS) is 15.1. The maximum absolute atomic E-state index is 12.9. The summed E-state index contributed by atoms with van der Waals surface area (Å²) in [6.45, 7) is 6.20. The minimum absolute atomic E-state index is 0.0509. The molecular formula is C22H28FN2O+. The predicted molar refractivity (Wildman–Crippen MR) is 101 cm³/mol. The van der Waals surface area contributed by atoms with E-state index in [1.54, 1.807) is 12.1 Å². The minimum atomic E-state index is -0.257. The highest BCUT2D eigenvalue weighted by Crippen LogP contribution is 2.17. The van der Waals surface area contributed by atoms with Gasteiger partial charge in [0.15, 0.2) is 6.54 Å². The smallest absolute Gasteiger partial charge is 0.275 e. The van der Waals surface area contributed by atoms with Gasteiger partial charge in [0.2, 0.25) is 0 Å². The van der Waals surface area contributed by atoms with Gasteiger partial charge >= 0.3 is 0 Å². The molecular weight excluding hydrogens is 327 g/mol. The van der Waals surface area contributed by atoms with E-state index in [4.69, 9.17) is 0 Å². The highest BCUT2D eigenvalue weighted by Gasteiger charge is 2.34. The Balaban J connectivity index is 1.53. The van der Waals surface area contributed by atoms with Crippen LogP contribution in [-0.2, 0) is 17.9 Å². The van der Waals surface area contributed by atoms with Crippen molar-refractivity contribution in [1.82, 2.24) is 5.32 Å². The second-order valence-corrected chi connectivity index (χ2v) is 7.59. The summed E-state index contributed by atoms with van der Waals surface area (Å²) in [6.07, 6.45) is 2.40. The van der Waals surface area contributed by atoms with Gasteiger partial charge in [0, 0.05) is 24.9 Å². The molecule has 1 unspecified atom stereocenters. The van der Waals surface area contributed by atoms with E-state index >= 15 is 0 Å². The molecule has 3 nitrogen and oxygen atoms in total. The first kappa shape index (κ1) is 18.6. The highest BCUT2D eigenvalue weighted by atomic mass is 19.1. The van der Waals surface area contributed by atoms with Crippen LogP contribution in [0, 0.1) is 5.82 Å². The lowest BCUT2D eigenvalue weighted by molar-refractivity contribution is -0.917. The first-order valence-corrected chi connectivity index (χ1v) is 9.46. The standard InChI is InChI=1S/C22H27FN2O/c1-16(2)19-7-3-18(4-8-19)14-25(21-11-12-21)15-22(26)24-13-17-5-9-20(23)10-6-17/h3-10,16,21H,11-15H2,1-2H3,(H,24,26)/p+1. The largest absolute Gasteiger partial charge is 0.347 e. The van der Waals surface area contributed by atoms with Crippen molar-refractivity contribution >= 4 is 5.91 Å². The zero-order valence-electron chi connectivity index (χ0n) is 15.6. The number of carbonyl (C=O) groups excluding carboxylic acids is 1. The number of benzene rings is 2. The van der Waals surface area contributed by atoms with Crippen LogP contribution in [0.2, 0.25) is 0 Å². The van der Waals surface area contributed by atoms with E-state index in [0.717, 1.165) is 12.1 Å². The molecule has 2 N–H and O–H groups in total. The maximum Gasteiger partial charge on any atom is 0.275 e. The van der Waals surface area contributed by atoms with Gasteiger partial charge in [0.25, 0.3) is 5.91 Å². The molecule has 0 spiro atoms. The predicted octanol–water partition coefficient (Wildman–Crippen LogP) is 2.81. The molecule has 1 aliphatic rings. The van der Waals surface area contributed by atoms with Crippen molar-refractivity contribution in [1.29, 1.82) is 0 Å². The molecule has 3 rings (SSSR count). The van der Waals surface area contributed by atoms with Gasteiger partial charge in [-0.2, -0.15) is 0 Å². The molecule has 1 saturated carbocycles. The molecule has 4 heteroatoms. The third-order valence-electron chi connectivity index (χ3n) is 5.02. The molecule has 1 aliphatic carbocycles. The van der Waals surface area contributed by atoms with Crippen LogP contribution in [0.1, 0.15) is 49.3 Å². The molecule has 26 heavy (non-hydrogen) atoms. The minimum Gasteiger partial charge on any atom is -0.347 e.